The molecule has 0 fully saturated rings. The van der Waals surface area contributed by atoms with Crippen LogP contribution in [0, 0.1) is 0 Å². The summed E-state index contributed by atoms with van der Waals surface area (Å²) in [5, 5.41) is 0.903. The number of fused-ring (bicyclic) bond motifs is 1. The van der Waals surface area contributed by atoms with Gasteiger partial charge in [0, 0.05) is 35.0 Å². The number of aromatic nitrogens is 3. The predicted octanol–water partition coefficient (Wildman–Crippen LogP) is 6.49. The van der Waals surface area contributed by atoms with E-state index in [-0.39, 0.29) is 0 Å². The first-order valence-corrected chi connectivity index (χ1v) is 9.41. The molecule has 0 aliphatic carbocycles. The highest BCUT2D eigenvalue weighted by atomic mass is 19.4. The second kappa shape index (κ2) is 7.16. The molecule has 0 saturated carbocycles. The number of halogens is 3. The second-order valence-corrected chi connectivity index (χ2v) is 7.97. The van der Waals surface area contributed by atoms with E-state index in [4.69, 9.17) is 4.74 Å². The number of alkyl halides is 3. The van der Waals surface area contributed by atoms with Crippen LogP contribution in [0.5, 0.6) is 5.88 Å². The maximum Gasteiger partial charge on any atom is 0.416 e. The van der Waals surface area contributed by atoms with Gasteiger partial charge in [-0.05, 0) is 56.7 Å². The van der Waals surface area contributed by atoms with Crippen LogP contribution >= 0.6 is 0 Å². The molecule has 3 aromatic heterocycles. The zero-order valence-electron chi connectivity index (χ0n) is 16.7. The molecule has 0 aliphatic heterocycles. The molecule has 0 radical (unpaired) electrons. The summed E-state index contributed by atoms with van der Waals surface area (Å²) in [6.07, 6.45) is -0.915. The van der Waals surface area contributed by atoms with Crippen molar-refractivity contribution in [3.8, 4) is 28.3 Å². The fourth-order valence-corrected chi connectivity index (χ4v) is 3.22. The summed E-state index contributed by atoms with van der Waals surface area (Å²) in [5.41, 5.74) is 1.89. The molecule has 0 spiro atoms. The van der Waals surface area contributed by atoms with Gasteiger partial charge in [0.2, 0.25) is 5.88 Å². The molecule has 7 heteroatoms. The average Bonchev–Trinajstić information content (AvgIpc) is 3.10. The lowest BCUT2D eigenvalue weighted by molar-refractivity contribution is -0.137. The van der Waals surface area contributed by atoms with Crippen LogP contribution in [0.15, 0.2) is 60.9 Å². The highest BCUT2D eigenvalue weighted by Crippen LogP contribution is 2.36. The molecule has 4 rings (SSSR count). The normalized spacial score (nSPS) is 12.3. The highest BCUT2D eigenvalue weighted by molar-refractivity contribution is 5.94. The van der Waals surface area contributed by atoms with Crippen LogP contribution in [0.25, 0.3) is 33.4 Å². The van der Waals surface area contributed by atoms with Crippen molar-refractivity contribution in [2.75, 3.05) is 0 Å². The molecule has 0 bridgehead atoms. The second-order valence-electron chi connectivity index (χ2n) is 7.97. The molecular weight excluding hydrogens is 391 g/mol. The van der Waals surface area contributed by atoms with E-state index in [9.17, 15) is 13.2 Å². The zero-order valence-corrected chi connectivity index (χ0v) is 16.7. The number of benzene rings is 1. The Kier molecular flexibility index (Phi) is 4.76. The third-order valence-corrected chi connectivity index (χ3v) is 4.46. The molecule has 4 aromatic rings. The number of nitrogens with one attached hydrogen (secondary N) is 1. The van der Waals surface area contributed by atoms with Gasteiger partial charge in [0.1, 0.15) is 11.2 Å². The van der Waals surface area contributed by atoms with Crippen LogP contribution in [0.2, 0.25) is 0 Å². The number of H-pyrrole nitrogens is 1. The Balaban J connectivity index is 1.89. The van der Waals surface area contributed by atoms with E-state index < -0.39 is 17.3 Å². The molecule has 0 atom stereocenters. The van der Waals surface area contributed by atoms with E-state index in [1.807, 2.05) is 39.1 Å². The van der Waals surface area contributed by atoms with Crippen molar-refractivity contribution in [2.45, 2.75) is 32.5 Å². The molecule has 3 heterocycles. The Hall–Kier alpha value is -3.35. The van der Waals surface area contributed by atoms with Crippen molar-refractivity contribution in [3.63, 3.8) is 0 Å². The summed E-state index contributed by atoms with van der Waals surface area (Å²) in [4.78, 5) is 11.9. The largest absolute Gasteiger partial charge is 0.472 e. The van der Waals surface area contributed by atoms with Crippen molar-refractivity contribution in [1.29, 1.82) is 0 Å². The molecule has 154 valence electrons. The lowest BCUT2D eigenvalue weighted by Crippen LogP contribution is -2.23. The van der Waals surface area contributed by atoms with Crippen molar-refractivity contribution in [1.82, 2.24) is 15.0 Å². The Morgan fingerprint density at radius 3 is 2.47 bits per heavy atom. The third-order valence-electron chi connectivity index (χ3n) is 4.46. The minimum absolute atomic E-state index is 0.339. The van der Waals surface area contributed by atoms with Crippen LogP contribution in [-0.2, 0) is 6.18 Å². The van der Waals surface area contributed by atoms with Crippen molar-refractivity contribution < 1.29 is 17.9 Å². The minimum atomic E-state index is -4.43. The van der Waals surface area contributed by atoms with Gasteiger partial charge in [-0.25, -0.2) is 9.97 Å². The first-order chi connectivity index (χ1) is 14.1. The van der Waals surface area contributed by atoms with Crippen LogP contribution in [0.3, 0.4) is 0 Å². The first-order valence-electron chi connectivity index (χ1n) is 9.41. The summed E-state index contributed by atoms with van der Waals surface area (Å²) in [6.45, 7) is 5.67. The van der Waals surface area contributed by atoms with Crippen molar-refractivity contribution in [2.24, 2.45) is 0 Å². The van der Waals surface area contributed by atoms with E-state index in [2.05, 4.69) is 15.0 Å². The summed E-state index contributed by atoms with van der Waals surface area (Å²) < 4.78 is 45.6. The number of pyridine rings is 2. The Morgan fingerprint density at radius 1 is 0.933 bits per heavy atom. The van der Waals surface area contributed by atoms with Crippen LogP contribution in [-0.4, -0.2) is 20.6 Å². The first kappa shape index (κ1) is 19.9. The summed E-state index contributed by atoms with van der Waals surface area (Å²) >= 11 is 0. The van der Waals surface area contributed by atoms with Crippen LogP contribution < -0.4 is 4.74 Å². The highest BCUT2D eigenvalue weighted by Gasteiger charge is 2.30. The number of hydrogen-bond donors (Lipinski definition) is 1. The lowest BCUT2D eigenvalue weighted by atomic mass is 10.0. The molecule has 0 saturated heterocycles. The fraction of sp³-hybridized carbons (Fsp3) is 0.217. The molecule has 1 N–H and O–H groups in total. The Morgan fingerprint density at radius 2 is 1.73 bits per heavy atom. The molecular formula is C23H20F3N3O. The van der Waals surface area contributed by atoms with Gasteiger partial charge in [-0.2, -0.15) is 13.2 Å². The molecule has 1 aromatic carbocycles. The van der Waals surface area contributed by atoms with E-state index in [1.165, 1.54) is 6.07 Å². The van der Waals surface area contributed by atoms with Gasteiger partial charge in [0.15, 0.2) is 0 Å². The van der Waals surface area contributed by atoms with Crippen molar-refractivity contribution in [3.05, 3.63) is 66.5 Å². The van der Waals surface area contributed by atoms with Crippen molar-refractivity contribution >= 4 is 11.0 Å². The standard InChI is InChI=1S/C23H20F3N3O/c1-22(2,3)30-20-12-15(18-13-28-21-17(18)8-5-9-27-21)11-19(29-20)14-6-4-7-16(10-14)23(24,25)26/h4-13H,1-3H3,(H,27,28). The van der Waals surface area contributed by atoms with Gasteiger partial charge in [-0.3, -0.25) is 0 Å². The Labute approximate surface area is 171 Å². The predicted molar refractivity (Wildman–Crippen MR) is 110 cm³/mol. The molecule has 0 aliphatic rings. The van der Waals surface area contributed by atoms with Crippen LogP contribution in [0.1, 0.15) is 26.3 Å². The smallest absolute Gasteiger partial charge is 0.416 e. The van der Waals surface area contributed by atoms with E-state index in [0.29, 0.717) is 17.1 Å². The third kappa shape index (κ3) is 4.15. The quantitative estimate of drug-likeness (QED) is 0.419. The van der Waals surface area contributed by atoms with E-state index in [0.717, 1.165) is 34.3 Å². The molecule has 30 heavy (non-hydrogen) atoms. The summed E-state index contributed by atoms with van der Waals surface area (Å²) in [6, 6.07) is 12.5. The van der Waals surface area contributed by atoms with Gasteiger partial charge < -0.3 is 9.72 Å². The number of ether oxygens (including phenoxy) is 1. The fourth-order valence-electron chi connectivity index (χ4n) is 3.22. The van der Waals surface area contributed by atoms with E-state index in [1.54, 1.807) is 24.4 Å². The maximum atomic E-state index is 13.2. The minimum Gasteiger partial charge on any atom is -0.472 e. The summed E-state index contributed by atoms with van der Waals surface area (Å²) in [7, 11) is 0. The molecule has 0 unspecified atom stereocenters. The van der Waals surface area contributed by atoms with Gasteiger partial charge in [0.25, 0.3) is 0 Å². The zero-order chi connectivity index (χ0) is 21.5. The number of rotatable bonds is 3. The monoisotopic (exact) mass is 411 g/mol. The van der Waals surface area contributed by atoms with Crippen LogP contribution in [0.4, 0.5) is 13.2 Å². The topological polar surface area (TPSA) is 50.8 Å². The summed E-state index contributed by atoms with van der Waals surface area (Å²) in [5.74, 6) is 0.339. The molecule has 0 amide bonds. The average molecular weight is 411 g/mol. The molecule has 4 nitrogen and oxygen atoms in total. The SMILES string of the molecule is CC(C)(C)Oc1cc(-c2c[nH]c3ncccc23)cc(-c2cccc(C(F)(F)F)c2)n1. The number of hydrogen-bond acceptors (Lipinski definition) is 3. The maximum absolute atomic E-state index is 13.2. The number of aromatic amines is 1. The Bertz CT molecular complexity index is 1210. The van der Waals surface area contributed by atoms with Gasteiger partial charge >= 0.3 is 6.18 Å². The van der Waals surface area contributed by atoms with Gasteiger partial charge in [-0.15, -0.1) is 0 Å². The lowest BCUT2D eigenvalue weighted by Gasteiger charge is -2.21. The van der Waals surface area contributed by atoms with Gasteiger partial charge in [-0.1, -0.05) is 12.1 Å². The van der Waals surface area contributed by atoms with E-state index >= 15 is 0 Å². The van der Waals surface area contributed by atoms with Gasteiger partial charge in [0.05, 0.1) is 11.3 Å². The number of nitrogens with zero attached hydrogens (tertiary/aromatic N) is 2.